The third-order valence-corrected chi connectivity index (χ3v) is 3.37. The number of rotatable bonds is 5. The van der Waals surface area contributed by atoms with E-state index in [1.165, 1.54) is 4.90 Å². The molecule has 1 amide bonds. The topological polar surface area (TPSA) is 66.8 Å². The van der Waals surface area contributed by atoms with Gasteiger partial charge in [-0.05, 0) is 31.9 Å². The lowest BCUT2D eigenvalue weighted by atomic mass is 10.1. The standard InChI is InChI=1S/C15H19NO4/c1-11-4-6-12(7-5-11)16(9-8-14(17)18)15(19)13-3-2-10-20-13/h4-7,13H,2-3,8-10H2,1H3,(H,17,18). The van der Waals surface area contributed by atoms with Crippen LogP contribution in [-0.2, 0) is 14.3 Å². The Morgan fingerprint density at radius 2 is 2.05 bits per heavy atom. The van der Waals surface area contributed by atoms with Crippen molar-refractivity contribution in [1.29, 1.82) is 0 Å². The highest BCUT2D eigenvalue weighted by molar-refractivity contribution is 5.97. The van der Waals surface area contributed by atoms with Crippen molar-refractivity contribution >= 4 is 17.6 Å². The van der Waals surface area contributed by atoms with Crippen LogP contribution in [0, 0.1) is 6.92 Å². The smallest absolute Gasteiger partial charge is 0.305 e. The van der Waals surface area contributed by atoms with Crippen molar-refractivity contribution in [3.8, 4) is 0 Å². The number of aryl methyl sites for hydroxylation is 1. The summed E-state index contributed by atoms with van der Waals surface area (Å²) in [6.45, 7) is 2.72. The van der Waals surface area contributed by atoms with Gasteiger partial charge >= 0.3 is 5.97 Å². The molecule has 1 saturated heterocycles. The van der Waals surface area contributed by atoms with E-state index in [0.29, 0.717) is 13.0 Å². The Morgan fingerprint density at radius 1 is 1.35 bits per heavy atom. The first kappa shape index (κ1) is 14.5. The molecule has 1 aromatic carbocycles. The number of anilines is 1. The Labute approximate surface area is 118 Å². The van der Waals surface area contributed by atoms with Crippen molar-refractivity contribution in [3.05, 3.63) is 29.8 Å². The van der Waals surface area contributed by atoms with Crippen molar-refractivity contribution in [2.75, 3.05) is 18.1 Å². The molecule has 0 bridgehead atoms. The first-order chi connectivity index (χ1) is 9.58. The first-order valence-corrected chi connectivity index (χ1v) is 6.79. The molecule has 1 heterocycles. The number of hydrogen-bond acceptors (Lipinski definition) is 3. The van der Waals surface area contributed by atoms with Crippen LogP contribution < -0.4 is 4.90 Å². The first-order valence-electron chi connectivity index (χ1n) is 6.79. The fraction of sp³-hybridized carbons (Fsp3) is 0.467. The molecule has 108 valence electrons. The van der Waals surface area contributed by atoms with Gasteiger partial charge in [0, 0.05) is 18.8 Å². The fourth-order valence-corrected chi connectivity index (χ4v) is 2.24. The molecule has 0 radical (unpaired) electrons. The van der Waals surface area contributed by atoms with Crippen LogP contribution >= 0.6 is 0 Å². The van der Waals surface area contributed by atoms with Crippen molar-refractivity contribution in [2.24, 2.45) is 0 Å². The molecular formula is C15H19NO4. The Kier molecular flexibility index (Phi) is 4.74. The predicted molar refractivity (Wildman–Crippen MR) is 74.8 cm³/mol. The molecule has 1 unspecified atom stereocenters. The summed E-state index contributed by atoms with van der Waals surface area (Å²) in [6, 6.07) is 7.49. The van der Waals surface area contributed by atoms with Crippen LogP contribution in [0.5, 0.6) is 0 Å². The van der Waals surface area contributed by atoms with E-state index in [-0.39, 0.29) is 18.9 Å². The molecule has 5 heteroatoms. The van der Waals surface area contributed by atoms with Crippen molar-refractivity contribution in [2.45, 2.75) is 32.3 Å². The van der Waals surface area contributed by atoms with Gasteiger partial charge in [0.25, 0.3) is 5.91 Å². The summed E-state index contributed by atoms with van der Waals surface area (Å²) in [7, 11) is 0. The van der Waals surface area contributed by atoms with Gasteiger partial charge in [0.05, 0.1) is 6.42 Å². The number of aliphatic carboxylic acids is 1. The largest absolute Gasteiger partial charge is 0.481 e. The molecule has 2 rings (SSSR count). The van der Waals surface area contributed by atoms with E-state index in [4.69, 9.17) is 9.84 Å². The van der Waals surface area contributed by atoms with Crippen LogP contribution in [-0.4, -0.2) is 36.2 Å². The molecule has 5 nitrogen and oxygen atoms in total. The fourth-order valence-electron chi connectivity index (χ4n) is 2.24. The predicted octanol–water partition coefficient (Wildman–Crippen LogP) is 1.98. The zero-order valence-electron chi connectivity index (χ0n) is 11.5. The third kappa shape index (κ3) is 3.57. The van der Waals surface area contributed by atoms with Gasteiger partial charge in [-0.25, -0.2) is 0 Å². The van der Waals surface area contributed by atoms with E-state index in [2.05, 4.69) is 0 Å². The Morgan fingerprint density at radius 3 is 2.60 bits per heavy atom. The van der Waals surface area contributed by atoms with E-state index in [1.807, 2.05) is 31.2 Å². The quantitative estimate of drug-likeness (QED) is 0.893. The second-order valence-corrected chi connectivity index (χ2v) is 4.97. The van der Waals surface area contributed by atoms with Crippen LogP contribution in [0.1, 0.15) is 24.8 Å². The lowest BCUT2D eigenvalue weighted by Crippen LogP contribution is -2.40. The van der Waals surface area contributed by atoms with Crippen LogP contribution in [0.15, 0.2) is 24.3 Å². The third-order valence-electron chi connectivity index (χ3n) is 3.37. The zero-order valence-corrected chi connectivity index (χ0v) is 11.5. The summed E-state index contributed by atoms with van der Waals surface area (Å²) in [5, 5.41) is 8.83. The van der Waals surface area contributed by atoms with E-state index in [1.54, 1.807) is 0 Å². The second kappa shape index (κ2) is 6.52. The minimum Gasteiger partial charge on any atom is -0.481 e. The molecule has 0 spiro atoms. The normalized spacial score (nSPS) is 17.9. The van der Waals surface area contributed by atoms with Crippen LogP contribution in [0.4, 0.5) is 5.69 Å². The van der Waals surface area contributed by atoms with Gasteiger partial charge in [-0.3, -0.25) is 9.59 Å². The number of ether oxygens (including phenoxy) is 1. The number of carboxylic acid groups (broad SMARTS) is 1. The van der Waals surface area contributed by atoms with Crippen LogP contribution in [0.25, 0.3) is 0 Å². The van der Waals surface area contributed by atoms with E-state index < -0.39 is 12.1 Å². The van der Waals surface area contributed by atoms with Gasteiger partial charge < -0.3 is 14.7 Å². The number of nitrogens with zero attached hydrogens (tertiary/aromatic N) is 1. The SMILES string of the molecule is Cc1ccc(N(CCC(=O)O)C(=O)C2CCCO2)cc1. The zero-order chi connectivity index (χ0) is 14.5. The second-order valence-electron chi connectivity index (χ2n) is 4.97. The number of carbonyl (C=O) groups is 2. The summed E-state index contributed by atoms with van der Waals surface area (Å²) < 4.78 is 5.41. The monoisotopic (exact) mass is 277 g/mol. The van der Waals surface area contributed by atoms with Crippen LogP contribution in [0.3, 0.4) is 0 Å². The summed E-state index contributed by atoms with van der Waals surface area (Å²) in [5.74, 6) is -1.06. The number of carboxylic acids is 1. The Balaban J connectivity index is 2.16. The number of amides is 1. The highest BCUT2D eigenvalue weighted by Crippen LogP contribution is 2.21. The molecule has 0 saturated carbocycles. The maximum Gasteiger partial charge on any atom is 0.305 e. The molecule has 0 aromatic heterocycles. The number of hydrogen-bond donors (Lipinski definition) is 1. The Bertz CT molecular complexity index is 477. The molecule has 1 fully saturated rings. The molecule has 1 atom stereocenters. The van der Waals surface area contributed by atoms with Gasteiger partial charge in [-0.15, -0.1) is 0 Å². The van der Waals surface area contributed by atoms with Gasteiger partial charge in [-0.2, -0.15) is 0 Å². The summed E-state index contributed by atoms with van der Waals surface area (Å²) in [5.41, 5.74) is 1.81. The van der Waals surface area contributed by atoms with Gasteiger partial charge in [-0.1, -0.05) is 17.7 Å². The molecule has 20 heavy (non-hydrogen) atoms. The average Bonchev–Trinajstić information content (AvgIpc) is 2.94. The van der Waals surface area contributed by atoms with Gasteiger partial charge in [0.2, 0.25) is 0 Å². The van der Waals surface area contributed by atoms with E-state index in [0.717, 1.165) is 17.7 Å². The van der Waals surface area contributed by atoms with E-state index in [9.17, 15) is 9.59 Å². The molecule has 1 aliphatic heterocycles. The average molecular weight is 277 g/mol. The molecule has 1 N–H and O–H groups in total. The minimum atomic E-state index is -0.915. The van der Waals surface area contributed by atoms with E-state index >= 15 is 0 Å². The Hall–Kier alpha value is -1.88. The van der Waals surface area contributed by atoms with Gasteiger partial charge in [0.15, 0.2) is 0 Å². The molecule has 0 aliphatic carbocycles. The summed E-state index contributed by atoms with van der Waals surface area (Å²) >= 11 is 0. The highest BCUT2D eigenvalue weighted by atomic mass is 16.5. The van der Waals surface area contributed by atoms with Crippen molar-refractivity contribution < 1.29 is 19.4 Å². The summed E-state index contributed by atoms with van der Waals surface area (Å²) in [6.07, 6.45) is 1.06. The lowest BCUT2D eigenvalue weighted by molar-refractivity contribution is -0.136. The molecular weight excluding hydrogens is 258 g/mol. The van der Waals surface area contributed by atoms with Gasteiger partial charge in [0.1, 0.15) is 6.10 Å². The van der Waals surface area contributed by atoms with Crippen molar-refractivity contribution in [1.82, 2.24) is 0 Å². The number of benzene rings is 1. The summed E-state index contributed by atoms with van der Waals surface area (Å²) in [4.78, 5) is 24.7. The van der Waals surface area contributed by atoms with Crippen LogP contribution in [0.2, 0.25) is 0 Å². The van der Waals surface area contributed by atoms with Crippen molar-refractivity contribution in [3.63, 3.8) is 0 Å². The maximum absolute atomic E-state index is 12.5. The highest BCUT2D eigenvalue weighted by Gasteiger charge is 2.29. The number of carbonyl (C=O) groups excluding carboxylic acids is 1. The minimum absolute atomic E-state index is 0.0770. The maximum atomic E-state index is 12.5. The molecule has 1 aliphatic rings. The molecule has 1 aromatic rings. The lowest BCUT2D eigenvalue weighted by Gasteiger charge is -2.25.